The van der Waals surface area contributed by atoms with Crippen molar-refractivity contribution in [2.45, 2.75) is 26.3 Å². The number of aromatic amines is 1. The van der Waals surface area contributed by atoms with Gasteiger partial charge in [-0.1, -0.05) is 41.9 Å². The third-order valence-electron chi connectivity index (χ3n) is 3.31. The molecule has 0 radical (unpaired) electrons. The average Bonchev–Trinajstić information content (AvgIpc) is 2.37. The third kappa shape index (κ3) is 2.24. The average molecular weight is 279 g/mol. The summed E-state index contributed by atoms with van der Waals surface area (Å²) in [6.07, 6.45) is 0. The van der Waals surface area contributed by atoms with Crippen LogP contribution in [0.3, 0.4) is 0 Å². The first-order valence-corrected chi connectivity index (χ1v) is 6.31. The normalized spacial score (nSPS) is 11.6. The lowest BCUT2D eigenvalue weighted by molar-refractivity contribution is 0.400. The van der Waals surface area contributed by atoms with E-state index in [1.54, 1.807) is 6.92 Å². The van der Waals surface area contributed by atoms with Gasteiger partial charge in [0.1, 0.15) is 5.15 Å². The molecule has 1 heterocycles. The Morgan fingerprint density at radius 3 is 2.32 bits per heavy atom. The molecule has 1 aromatic carbocycles. The Morgan fingerprint density at radius 1 is 1.16 bits per heavy atom. The molecule has 0 spiro atoms. The van der Waals surface area contributed by atoms with Gasteiger partial charge in [-0.15, -0.1) is 0 Å². The van der Waals surface area contributed by atoms with E-state index in [0.29, 0.717) is 5.56 Å². The maximum atomic E-state index is 12.3. The minimum atomic E-state index is -0.749. The van der Waals surface area contributed by atoms with Gasteiger partial charge >= 0.3 is 5.69 Å². The second-order valence-corrected chi connectivity index (χ2v) is 5.31. The molecule has 0 amide bonds. The van der Waals surface area contributed by atoms with Crippen LogP contribution in [0.25, 0.3) is 0 Å². The number of halogens is 1. The predicted octanol–water partition coefficient (Wildman–Crippen LogP) is 2.28. The van der Waals surface area contributed by atoms with Gasteiger partial charge in [-0.25, -0.2) is 4.79 Å². The maximum Gasteiger partial charge on any atom is 0.330 e. The number of rotatable bonds is 2. The van der Waals surface area contributed by atoms with Crippen molar-refractivity contribution in [3.05, 3.63) is 67.4 Å². The molecule has 5 heteroatoms. The molecule has 0 aliphatic carbocycles. The van der Waals surface area contributed by atoms with Gasteiger partial charge in [0.2, 0.25) is 0 Å². The Hall–Kier alpha value is -1.81. The first kappa shape index (κ1) is 13.6. The van der Waals surface area contributed by atoms with Crippen LogP contribution in [0.15, 0.2) is 39.9 Å². The molecule has 100 valence electrons. The zero-order valence-electron chi connectivity index (χ0n) is 11.0. The molecule has 0 saturated carbocycles. The highest BCUT2D eigenvalue weighted by Gasteiger charge is 2.27. The predicted molar refractivity (Wildman–Crippen MR) is 75.9 cm³/mol. The van der Waals surface area contributed by atoms with E-state index in [-0.39, 0.29) is 10.7 Å². The van der Waals surface area contributed by atoms with Gasteiger partial charge in [0, 0.05) is 5.56 Å². The molecule has 4 nitrogen and oxygen atoms in total. The molecule has 2 aromatic rings. The van der Waals surface area contributed by atoms with Crippen LogP contribution in [0, 0.1) is 6.92 Å². The van der Waals surface area contributed by atoms with Crippen molar-refractivity contribution in [2.24, 2.45) is 0 Å². The molecule has 19 heavy (non-hydrogen) atoms. The van der Waals surface area contributed by atoms with Crippen LogP contribution in [0.2, 0.25) is 5.15 Å². The van der Waals surface area contributed by atoms with Crippen molar-refractivity contribution in [2.75, 3.05) is 0 Å². The van der Waals surface area contributed by atoms with E-state index in [1.807, 2.05) is 44.2 Å². The van der Waals surface area contributed by atoms with Crippen molar-refractivity contribution in [3.8, 4) is 0 Å². The van der Waals surface area contributed by atoms with Gasteiger partial charge in [-0.2, -0.15) is 0 Å². The highest BCUT2D eigenvalue weighted by molar-refractivity contribution is 6.30. The van der Waals surface area contributed by atoms with Crippen LogP contribution in [-0.4, -0.2) is 9.55 Å². The number of nitrogens with one attached hydrogen (secondary N) is 1. The zero-order chi connectivity index (χ0) is 14.2. The lowest BCUT2D eigenvalue weighted by atomic mass is 9.94. The number of hydrogen-bond acceptors (Lipinski definition) is 2. The topological polar surface area (TPSA) is 54.9 Å². The van der Waals surface area contributed by atoms with Crippen LogP contribution in [-0.2, 0) is 5.54 Å². The second-order valence-electron chi connectivity index (χ2n) is 4.93. The lowest BCUT2D eigenvalue weighted by Crippen LogP contribution is -2.47. The minimum Gasteiger partial charge on any atom is -0.297 e. The molecule has 0 bridgehead atoms. The highest BCUT2D eigenvalue weighted by atomic mass is 35.5. The Morgan fingerprint density at radius 2 is 1.74 bits per heavy atom. The fourth-order valence-electron chi connectivity index (χ4n) is 2.08. The Balaban J connectivity index is 2.76. The standard InChI is InChI=1S/C14H15ClN2O2/c1-9-11(15)16-13(19)17(12(9)18)14(2,3)10-7-5-4-6-8-10/h4-8H,1-3H3,(H,16,19). The summed E-state index contributed by atoms with van der Waals surface area (Å²) in [5, 5.41) is 0.0927. The van der Waals surface area contributed by atoms with Crippen molar-refractivity contribution in [3.63, 3.8) is 0 Å². The SMILES string of the molecule is Cc1c(Cl)[nH]c(=O)n(C(C)(C)c2ccccc2)c1=O. The van der Waals surface area contributed by atoms with Crippen molar-refractivity contribution in [1.82, 2.24) is 9.55 Å². The van der Waals surface area contributed by atoms with E-state index >= 15 is 0 Å². The summed E-state index contributed by atoms with van der Waals surface area (Å²) in [4.78, 5) is 26.8. The van der Waals surface area contributed by atoms with Gasteiger partial charge in [0.25, 0.3) is 5.56 Å². The summed E-state index contributed by atoms with van der Waals surface area (Å²) in [5.74, 6) is 0. The van der Waals surface area contributed by atoms with Crippen LogP contribution in [0.5, 0.6) is 0 Å². The maximum absolute atomic E-state index is 12.3. The van der Waals surface area contributed by atoms with Gasteiger partial charge in [-0.3, -0.25) is 14.3 Å². The summed E-state index contributed by atoms with van der Waals surface area (Å²) in [7, 11) is 0. The van der Waals surface area contributed by atoms with Crippen molar-refractivity contribution < 1.29 is 0 Å². The largest absolute Gasteiger partial charge is 0.330 e. The molecule has 0 fully saturated rings. The van der Waals surface area contributed by atoms with E-state index in [1.165, 1.54) is 4.57 Å². The molecule has 0 unspecified atom stereocenters. The second kappa shape index (κ2) is 4.70. The van der Waals surface area contributed by atoms with E-state index in [0.717, 1.165) is 5.56 Å². The van der Waals surface area contributed by atoms with Gasteiger partial charge in [0.05, 0.1) is 5.54 Å². The highest BCUT2D eigenvalue weighted by Crippen LogP contribution is 2.22. The lowest BCUT2D eigenvalue weighted by Gasteiger charge is -2.27. The van der Waals surface area contributed by atoms with Gasteiger partial charge < -0.3 is 0 Å². The van der Waals surface area contributed by atoms with Crippen LogP contribution in [0.4, 0.5) is 0 Å². The number of benzene rings is 1. The molecule has 0 aliphatic heterocycles. The Kier molecular flexibility index (Phi) is 3.37. The monoisotopic (exact) mass is 278 g/mol. The molecule has 0 atom stereocenters. The summed E-state index contributed by atoms with van der Waals surface area (Å²) in [5.41, 5.74) is -0.409. The van der Waals surface area contributed by atoms with E-state index in [9.17, 15) is 9.59 Å². The third-order valence-corrected chi connectivity index (χ3v) is 3.69. The van der Waals surface area contributed by atoms with E-state index < -0.39 is 11.2 Å². The molecule has 1 aromatic heterocycles. The minimum absolute atomic E-state index is 0.0927. The first-order valence-electron chi connectivity index (χ1n) is 5.93. The molecule has 0 saturated heterocycles. The van der Waals surface area contributed by atoms with Crippen molar-refractivity contribution >= 4 is 11.6 Å². The first-order chi connectivity index (χ1) is 8.85. The zero-order valence-corrected chi connectivity index (χ0v) is 11.8. The Labute approximate surface area is 115 Å². The number of aromatic nitrogens is 2. The van der Waals surface area contributed by atoms with Gasteiger partial charge in [0.15, 0.2) is 0 Å². The molecule has 2 rings (SSSR count). The van der Waals surface area contributed by atoms with E-state index in [4.69, 9.17) is 11.6 Å². The molecule has 0 aliphatic rings. The van der Waals surface area contributed by atoms with E-state index in [2.05, 4.69) is 4.98 Å². The molecular weight excluding hydrogens is 264 g/mol. The summed E-state index contributed by atoms with van der Waals surface area (Å²) >= 11 is 5.82. The number of H-pyrrole nitrogens is 1. The molecule has 1 N–H and O–H groups in total. The fraction of sp³-hybridized carbons (Fsp3) is 0.286. The number of nitrogens with zero attached hydrogens (tertiary/aromatic N) is 1. The number of hydrogen-bond donors (Lipinski definition) is 1. The van der Waals surface area contributed by atoms with Crippen molar-refractivity contribution in [1.29, 1.82) is 0 Å². The molecular formula is C14H15ClN2O2. The van der Waals surface area contributed by atoms with Crippen LogP contribution >= 0.6 is 11.6 Å². The van der Waals surface area contributed by atoms with Crippen LogP contribution in [0.1, 0.15) is 25.0 Å². The smallest absolute Gasteiger partial charge is 0.297 e. The quantitative estimate of drug-likeness (QED) is 0.857. The summed E-state index contributed by atoms with van der Waals surface area (Å²) < 4.78 is 1.20. The van der Waals surface area contributed by atoms with Crippen LogP contribution < -0.4 is 11.2 Å². The fourth-order valence-corrected chi connectivity index (χ4v) is 2.24. The van der Waals surface area contributed by atoms with Gasteiger partial charge in [-0.05, 0) is 26.3 Å². The summed E-state index contributed by atoms with van der Waals surface area (Å²) in [6.45, 7) is 5.25. The summed E-state index contributed by atoms with van der Waals surface area (Å²) in [6, 6.07) is 9.41. The Bertz CT molecular complexity index is 714.